The van der Waals surface area contributed by atoms with Crippen molar-refractivity contribution in [2.75, 3.05) is 13.2 Å². The normalized spacial score (nSPS) is 24.8. The van der Waals surface area contributed by atoms with Crippen LogP contribution in [-0.4, -0.2) is 41.2 Å². The Bertz CT molecular complexity index is 476. The van der Waals surface area contributed by atoms with Gasteiger partial charge in [-0.3, -0.25) is 4.90 Å². The number of benzene rings is 1. The molecule has 3 N–H and O–H groups in total. The van der Waals surface area contributed by atoms with Crippen LogP contribution in [0.2, 0.25) is 0 Å². The zero-order valence-corrected chi connectivity index (χ0v) is 12.1. The molecule has 1 heterocycles. The highest BCUT2D eigenvalue weighted by atomic mass is 16.5. The van der Waals surface area contributed by atoms with Gasteiger partial charge in [0.25, 0.3) is 0 Å². The van der Waals surface area contributed by atoms with Crippen molar-refractivity contribution < 1.29 is 9.94 Å². The van der Waals surface area contributed by atoms with Crippen LogP contribution < -0.4 is 5.73 Å². The van der Waals surface area contributed by atoms with Crippen molar-refractivity contribution in [3.05, 3.63) is 35.4 Å². The minimum Gasteiger partial charge on any atom is -0.409 e. The molecule has 0 spiro atoms. The van der Waals surface area contributed by atoms with E-state index in [1.807, 2.05) is 24.3 Å². The van der Waals surface area contributed by atoms with Gasteiger partial charge in [0.2, 0.25) is 0 Å². The molecule has 0 amide bonds. The molecule has 0 aromatic heterocycles. The van der Waals surface area contributed by atoms with Gasteiger partial charge < -0.3 is 15.7 Å². The van der Waals surface area contributed by atoms with Crippen LogP contribution in [0.4, 0.5) is 0 Å². The fourth-order valence-corrected chi connectivity index (χ4v) is 2.66. The largest absolute Gasteiger partial charge is 0.409 e. The van der Waals surface area contributed by atoms with Crippen molar-refractivity contribution in [3.8, 4) is 0 Å². The number of rotatable bonds is 4. The molecule has 2 atom stereocenters. The summed E-state index contributed by atoms with van der Waals surface area (Å²) in [7, 11) is 0. The van der Waals surface area contributed by atoms with Crippen LogP contribution in [-0.2, 0) is 11.3 Å². The molecule has 20 heavy (non-hydrogen) atoms. The smallest absolute Gasteiger partial charge is 0.170 e. The van der Waals surface area contributed by atoms with E-state index in [0.29, 0.717) is 6.04 Å². The summed E-state index contributed by atoms with van der Waals surface area (Å²) < 4.78 is 5.72. The van der Waals surface area contributed by atoms with Gasteiger partial charge in [-0.05, 0) is 18.9 Å². The summed E-state index contributed by atoms with van der Waals surface area (Å²) in [6.45, 7) is 6.73. The second kappa shape index (κ2) is 6.72. The third-order valence-corrected chi connectivity index (χ3v) is 3.83. The summed E-state index contributed by atoms with van der Waals surface area (Å²) in [5.41, 5.74) is 7.63. The molecule has 0 bridgehead atoms. The topological polar surface area (TPSA) is 71.1 Å². The molecule has 0 aliphatic carbocycles. The summed E-state index contributed by atoms with van der Waals surface area (Å²) >= 11 is 0. The number of amidine groups is 1. The van der Waals surface area contributed by atoms with Crippen LogP contribution in [0.5, 0.6) is 0 Å². The van der Waals surface area contributed by atoms with E-state index in [1.165, 1.54) is 0 Å². The standard InChI is InChI=1S/C15H23N3O2/c1-3-13-10-20-11(2)8-18(13)9-12-6-4-5-7-14(12)15(16)17-19/h4-7,11,13,19H,3,8-10H2,1-2H3,(H2,16,17). The van der Waals surface area contributed by atoms with Crippen LogP contribution >= 0.6 is 0 Å². The van der Waals surface area contributed by atoms with E-state index in [0.717, 1.165) is 37.2 Å². The lowest BCUT2D eigenvalue weighted by molar-refractivity contribution is -0.0592. The number of ether oxygens (including phenoxy) is 1. The van der Waals surface area contributed by atoms with Gasteiger partial charge in [0.05, 0.1) is 12.7 Å². The summed E-state index contributed by atoms with van der Waals surface area (Å²) in [5.74, 6) is 0.162. The molecule has 110 valence electrons. The first-order chi connectivity index (χ1) is 9.65. The fourth-order valence-electron chi connectivity index (χ4n) is 2.66. The maximum atomic E-state index is 8.89. The van der Waals surface area contributed by atoms with Gasteiger partial charge in [-0.1, -0.05) is 36.3 Å². The average molecular weight is 277 g/mol. The lowest BCUT2D eigenvalue weighted by Gasteiger charge is -2.38. The highest BCUT2D eigenvalue weighted by Crippen LogP contribution is 2.19. The molecule has 5 heteroatoms. The van der Waals surface area contributed by atoms with Gasteiger partial charge in [0, 0.05) is 24.7 Å². The lowest BCUT2D eigenvalue weighted by atomic mass is 10.0. The summed E-state index contributed by atoms with van der Waals surface area (Å²) in [4.78, 5) is 2.41. The molecule has 5 nitrogen and oxygen atoms in total. The minimum absolute atomic E-state index is 0.162. The number of nitrogens with zero attached hydrogens (tertiary/aromatic N) is 2. The monoisotopic (exact) mass is 277 g/mol. The van der Waals surface area contributed by atoms with Crippen LogP contribution in [0.3, 0.4) is 0 Å². The first-order valence-electron chi connectivity index (χ1n) is 7.07. The van der Waals surface area contributed by atoms with Crippen molar-refractivity contribution in [1.29, 1.82) is 0 Å². The second-order valence-corrected chi connectivity index (χ2v) is 5.28. The van der Waals surface area contributed by atoms with E-state index in [2.05, 4.69) is 23.9 Å². The Morgan fingerprint density at radius 1 is 1.50 bits per heavy atom. The quantitative estimate of drug-likeness (QED) is 0.381. The van der Waals surface area contributed by atoms with E-state index in [1.54, 1.807) is 0 Å². The maximum Gasteiger partial charge on any atom is 0.170 e. The van der Waals surface area contributed by atoms with Gasteiger partial charge in [-0.2, -0.15) is 0 Å². The third-order valence-electron chi connectivity index (χ3n) is 3.83. The molecule has 1 fully saturated rings. The summed E-state index contributed by atoms with van der Waals surface area (Å²) in [5, 5.41) is 12.0. The van der Waals surface area contributed by atoms with Crippen LogP contribution in [0.1, 0.15) is 31.4 Å². The van der Waals surface area contributed by atoms with Crippen LogP contribution in [0.25, 0.3) is 0 Å². The van der Waals surface area contributed by atoms with Crippen molar-refractivity contribution in [1.82, 2.24) is 4.90 Å². The Morgan fingerprint density at radius 2 is 2.25 bits per heavy atom. The van der Waals surface area contributed by atoms with Crippen molar-refractivity contribution in [2.24, 2.45) is 10.9 Å². The predicted octanol–water partition coefficient (Wildman–Crippen LogP) is 1.78. The molecule has 1 aliphatic rings. The van der Waals surface area contributed by atoms with Gasteiger partial charge in [0.15, 0.2) is 5.84 Å². The van der Waals surface area contributed by atoms with Crippen LogP contribution in [0, 0.1) is 0 Å². The highest BCUT2D eigenvalue weighted by molar-refractivity contribution is 5.98. The molecule has 1 aromatic carbocycles. The lowest BCUT2D eigenvalue weighted by Crippen LogP contribution is -2.48. The number of hydrogen-bond donors (Lipinski definition) is 2. The molecular formula is C15H23N3O2. The SMILES string of the molecule is CCC1COC(C)CN1Cc1ccccc1C(N)=NO. The number of oxime groups is 1. The molecule has 0 saturated carbocycles. The minimum atomic E-state index is 0.162. The van der Waals surface area contributed by atoms with E-state index in [-0.39, 0.29) is 11.9 Å². The number of hydrogen-bond acceptors (Lipinski definition) is 4. The van der Waals surface area contributed by atoms with Crippen molar-refractivity contribution in [2.45, 2.75) is 39.0 Å². The number of morpholine rings is 1. The second-order valence-electron chi connectivity index (χ2n) is 5.28. The fraction of sp³-hybridized carbons (Fsp3) is 0.533. The molecule has 1 aromatic rings. The Balaban J connectivity index is 2.20. The highest BCUT2D eigenvalue weighted by Gasteiger charge is 2.26. The van der Waals surface area contributed by atoms with E-state index in [9.17, 15) is 0 Å². The first kappa shape index (κ1) is 14.8. The van der Waals surface area contributed by atoms with Crippen molar-refractivity contribution in [3.63, 3.8) is 0 Å². The van der Waals surface area contributed by atoms with Crippen molar-refractivity contribution >= 4 is 5.84 Å². The van der Waals surface area contributed by atoms with E-state index >= 15 is 0 Å². The van der Waals surface area contributed by atoms with Gasteiger partial charge in [0.1, 0.15) is 0 Å². The first-order valence-corrected chi connectivity index (χ1v) is 7.07. The maximum absolute atomic E-state index is 8.89. The Kier molecular flexibility index (Phi) is 4.98. The van der Waals surface area contributed by atoms with E-state index < -0.39 is 0 Å². The molecule has 1 aliphatic heterocycles. The van der Waals surface area contributed by atoms with Gasteiger partial charge in [-0.25, -0.2) is 0 Å². The number of nitrogens with two attached hydrogens (primary N) is 1. The van der Waals surface area contributed by atoms with Gasteiger partial charge >= 0.3 is 0 Å². The zero-order valence-electron chi connectivity index (χ0n) is 12.1. The third kappa shape index (κ3) is 3.29. The Morgan fingerprint density at radius 3 is 2.95 bits per heavy atom. The molecule has 2 unspecified atom stereocenters. The summed E-state index contributed by atoms with van der Waals surface area (Å²) in [6.07, 6.45) is 1.30. The zero-order chi connectivity index (χ0) is 14.5. The summed E-state index contributed by atoms with van der Waals surface area (Å²) in [6, 6.07) is 8.21. The molecule has 1 saturated heterocycles. The van der Waals surface area contributed by atoms with E-state index in [4.69, 9.17) is 15.7 Å². The molecular weight excluding hydrogens is 254 g/mol. The predicted molar refractivity (Wildman–Crippen MR) is 78.9 cm³/mol. The average Bonchev–Trinajstić information content (AvgIpc) is 2.47. The van der Waals surface area contributed by atoms with Crippen LogP contribution in [0.15, 0.2) is 29.4 Å². The molecule has 0 radical (unpaired) electrons. The molecule has 2 rings (SSSR count). The Hall–Kier alpha value is -1.59. The Labute approximate surface area is 120 Å². The van der Waals surface area contributed by atoms with Gasteiger partial charge in [-0.15, -0.1) is 0 Å².